The van der Waals surface area contributed by atoms with Gasteiger partial charge in [0.25, 0.3) is 11.1 Å². The topological polar surface area (TPSA) is 101 Å². The minimum absolute atomic E-state index is 0.0610. The molecule has 0 aliphatic rings. The van der Waals surface area contributed by atoms with Crippen LogP contribution >= 0.6 is 11.6 Å². The van der Waals surface area contributed by atoms with Gasteiger partial charge in [-0.3, -0.25) is 24.5 Å². The zero-order valence-electron chi connectivity index (χ0n) is 14.5. The third-order valence-corrected chi connectivity index (χ3v) is 4.87. The fourth-order valence-electron chi connectivity index (χ4n) is 3.22. The van der Waals surface area contributed by atoms with Crippen LogP contribution in [0, 0.1) is 6.92 Å². The highest BCUT2D eigenvalue weighted by molar-refractivity contribution is 6.31. The minimum atomic E-state index is -0.565. The largest absolute Gasteiger partial charge is 0.350 e. The van der Waals surface area contributed by atoms with Gasteiger partial charge in [0, 0.05) is 22.3 Å². The van der Waals surface area contributed by atoms with Crippen LogP contribution in [0.4, 0.5) is 0 Å². The van der Waals surface area contributed by atoms with E-state index in [4.69, 9.17) is 11.6 Å². The molecule has 2 N–H and O–H groups in total. The van der Waals surface area contributed by atoms with E-state index in [1.165, 1.54) is 10.7 Å². The Bertz CT molecular complexity index is 1380. The number of hydrogen-bond donors (Lipinski definition) is 2. The van der Waals surface area contributed by atoms with Crippen LogP contribution in [0.5, 0.6) is 0 Å². The van der Waals surface area contributed by atoms with Gasteiger partial charge in [-0.05, 0) is 49.7 Å². The van der Waals surface area contributed by atoms with Crippen LogP contribution in [0.25, 0.3) is 21.8 Å². The zero-order chi connectivity index (χ0) is 19.3. The molecule has 7 nitrogen and oxygen atoms in total. The van der Waals surface area contributed by atoms with Crippen molar-refractivity contribution in [3.05, 3.63) is 83.7 Å². The molecule has 0 saturated heterocycles. The van der Waals surface area contributed by atoms with Gasteiger partial charge >= 0.3 is 0 Å². The second-order valence-electron chi connectivity index (χ2n) is 6.42. The zero-order valence-corrected chi connectivity index (χ0v) is 15.3. The summed E-state index contributed by atoms with van der Waals surface area (Å²) in [6, 6.07) is 7.77. The number of halogens is 1. The molecule has 0 radical (unpaired) electrons. The van der Waals surface area contributed by atoms with E-state index in [1.807, 2.05) is 13.0 Å². The lowest BCUT2D eigenvalue weighted by atomic mass is 10.1. The van der Waals surface area contributed by atoms with E-state index in [0.29, 0.717) is 15.9 Å². The smallest absolute Gasteiger partial charge is 0.287 e. The number of nitrogens with zero attached hydrogens (tertiary/aromatic N) is 2. The van der Waals surface area contributed by atoms with Crippen LogP contribution in [0.1, 0.15) is 24.2 Å². The second kappa shape index (κ2) is 6.21. The molecule has 4 rings (SSSR count). The van der Waals surface area contributed by atoms with Gasteiger partial charge in [-0.1, -0.05) is 11.6 Å². The molecular weight excluding hydrogens is 368 g/mol. The number of benzene rings is 1. The molecule has 0 bridgehead atoms. The first-order valence-electron chi connectivity index (χ1n) is 8.29. The maximum atomic E-state index is 13.0. The van der Waals surface area contributed by atoms with E-state index in [-0.39, 0.29) is 10.9 Å². The summed E-state index contributed by atoms with van der Waals surface area (Å²) < 4.78 is 1.18. The van der Waals surface area contributed by atoms with E-state index in [9.17, 15) is 14.4 Å². The van der Waals surface area contributed by atoms with Crippen molar-refractivity contribution < 1.29 is 0 Å². The summed E-state index contributed by atoms with van der Waals surface area (Å²) in [5, 5.41) is 3.11. The molecule has 1 unspecified atom stereocenters. The summed E-state index contributed by atoms with van der Waals surface area (Å²) in [5.41, 5.74) is 0.304. The maximum Gasteiger partial charge on any atom is 0.287 e. The fraction of sp³-hybridized carbons (Fsp3) is 0.158. The molecule has 1 atom stereocenters. The quantitative estimate of drug-likeness (QED) is 0.520. The number of nitrogens with one attached hydrogen (secondary N) is 2. The summed E-state index contributed by atoms with van der Waals surface area (Å²) >= 11 is 5.96. The first-order valence-corrected chi connectivity index (χ1v) is 8.67. The number of aryl methyl sites for hydroxylation is 1. The van der Waals surface area contributed by atoms with Crippen molar-refractivity contribution in [1.29, 1.82) is 0 Å². The van der Waals surface area contributed by atoms with E-state index in [2.05, 4.69) is 15.1 Å². The SMILES string of the molecule is Cc1cc(C(C)n2[nH]c(=O)c3[nH]c4cc(Cl)ccc4c(=O)c3c2=O)ccn1. The van der Waals surface area contributed by atoms with Crippen molar-refractivity contribution in [1.82, 2.24) is 19.7 Å². The number of aromatic nitrogens is 4. The number of rotatable bonds is 2. The van der Waals surface area contributed by atoms with Gasteiger partial charge < -0.3 is 4.98 Å². The summed E-state index contributed by atoms with van der Waals surface area (Å²) in [6.07, 6.45) is 1.63. The predicted octanol–water partition coefficient (Wildman–Crippen LogP) is 2.50. The Morgan fingerprint density at radius 1 is 1.15 bits per heavy atom. The van der Waals surface area contributed by atoms with Crippen molar-refractivity contribution in [2.75, 3.05) is 0 Å². The number of pyridine rings is 2. The Kier molecular flexibility index (Phi) is 3.96. The molecule has 8 heteroatoms. The molecule has 0 fully saturated rings. The Balaban J connectivity index is 2.06. The molecule has 1 aromatic carbocycles. The fourth-order valence-corrected chi connectivity index (χ4v) is 3.40. The molecule has 0 spiro atoms. The van der Waals surface area contributed by atoms with Crippen LogP contribution in [-0.4, -0.2) is 19.7 Å². The Morgan fingerprint density at radius 3 is 2.67 bits per heavy atom. The van der Waals surface area contributed by atoms with Gasteiger partial charge in [-0.2, -0.15) is 0 Å². The minimum Gasteiger partial charge on any atom is -0.350 e. The van der Waals surface area contributed by atoms with Crippen molar-refractivity contribution in [2.45, 2.75) is 19.9 Å². The Labute approximate surface area is 157 Å². The highest BCUT2D eigenvalue weighted by Crippen LogP contribution is 2.18. The molecule has 27 heavy (non-hydrogen) atoms. The van der Waals surface area contributed by atoms with E-state index in [0.717, 1.165) is 11.3 Å². The molecule has 0 aliphatic heterocycles. The first-order chi connectivity index (χ1) is 12.9. The van der Waals surface area contributed by atoms with Gasteiger partial charge in [0.2, 0.25) is 5.43 Å². The predicted molar refractivity (Wildman–Crippen MR) is 105 cm³/mol. The number of H-pyrrole nitrogens is 2. The second-order valence-corrected chi connectivity index (χ2v) is 6.85. The van der Waals surface area contributed by atoms with Gasteiger partial charge in [0.05, 0.1) is 11.6 Å². The van der Waals surface area contributed by atoms with E-state index in [1.54, 1.807) is 31.3 Å². The van der Waals surface area contributed by atoms with Crippen LogP contribution in [0.15, 0.2) is 50.9 Å². The normalized spacial score (nSPS) is 12.6. The van der Waals surface area contributed by atoms with Crippen LogP contribution < -0.4 is 16.5 Å². The highest BCUT2D eigenvalue weighted by atomic mass is 35.5. The molecule has 4 aromatic rings. The van der Waals surface area contributed by atoms with E-state index < -0.39 is 22.6 Å². The maximum absolute atomic E-state index is 13.0. The first kappa shape index (κ1) is 17.2. The molecule has 3 heterocycles. The number of aromatic amines is 2. The van der Waals surface area contributed by atoms with Crippen molar-refractivity contribution in [2.24, 2.45) is 0 Å². The molecule has 0 aliphatic carbocycles. The molecule has 0 amide bonds. The van der Waals surface area contributed by atoms with Crippen LogP contribution in [0.3, 0.4) is 0 Å². The lowest BCUT2D eigenvalue weighted by Crippen LogP contribution is -2.35. The number of hydrogen-bond acceptors (Lipinski definition) is 4. The van der Waals surface area contributed by atoms with Crippen molar-refractivity contribution in [3.63, 3.8) is 0 Å². The van der Waals surface area contributed by atoms with E-state index >= 15 is 0 Å². The van der Waals surface area contributed by atoms with Gasteiger partial charge in [0.1, 0.15) is 10.9 Å². The summed E-state index contributed by atoms with van der Waals surface area (Å²) in [5.74, 6) is 0. The number of fused-ring (bicyclic) bond motifs is 2. The average Bonchev–Trinajstić information content (AvgIpc) is 2.63. The molecule has 136 valence electrons. The lowest BCUT2D eigenvalue weighted by molar-refractivity contribution is 0.529. The third kappa shape index (κ3) is 2.76. The summed E-state index contributed by atoms with van der Waals surface area (Å²) in [4.78, 5) is 45.5. The van der Waals surface area contributed by atoms with Crippen LogP contribution in [-0.2, 0) is 0 Å². The van der Waals surface area contributed by atoms with Gasteiger partial charge in [0.15, 0.2) is 0 Å². The monoisotopic (exact) mass is 382 g/mol. The Morgan fingerprint density at radius 2 is 1.93 bits per heavy atom. The van der Waals surface area contributed by atoms with Gasteiger partial charge in [-0.25, -0.2) is 4.68 Å². The standard InChI is InChI=1S/C19H15ClN4O3/c1-9-7-11(5-6-21-9)10(2)24-19(27)15-16(18(26)23-24)22-14-8-12(20)3-4-13(14)17(15)25/h3-8,10H,1-2H3,(H,22,25)(H,23,26). The third-order valence-electron chi connectivity index (χ3n) is 4.64. The van der Waals surface area contributed by atoms with Crippen LogP contribution in [0.2, 0.25) is 5.02 Å². The Hall–Kier alpha value is -3.19. The van der Waals surface area contributed by atoms with Gasteiger partial charge in [-0.15, -0.1) is 0 Å². The molecule has 0 saturated carbocycles. The molecular formula is C19H15ClN4O3. The van der Waals surface area contributed by atoms with Crippen molar-refractivity contribution >= 4 is 33.4 Å². The average molecular weight is 383 g/mol. The van der Waals surface area contributed by atoms with Crippen molar-refractivity contribution in [3.8, 4) is 0 Å². The lowest BCUT2D eigenvalue weighted by Gasteiger charge is -2.16. The summed E-state index contributed by atoms with van der Waals surface area (Å²) in [6.45, 7) is 3.61. The highest BCUT2D eigenvalue weighted by Gasteiger charge is 2.18. The molecule has 3 aromatic heterocycles. The summed E-state index contributed by atoms with van der Waals surface area (Å²) in [7, 11) is 0.